The average molecular weight is 515 g/mol. The maximum absolute atomic E-state index is 5.99. The van der Waals surface area contributed by atoms with E-state index >= 15 is 0 Å². The number of aliphatic imine (C=N–C) groups is 1. The van der Waals surface area contributed by atoms with Crippen molar-refractivity contribution >= 4 is 35.8 Å². The molecule has 1 saturated carbocycles. The van der Waals surface area contributed by atoms with Crippen LogP contribution in [0.3, 0.4) is 0 Å². The van der Waals surface area contributed by atoms with Crippen LogP contribution in [0.1, 0.15) is 63.4 Å². The zero-order chi connectivity index (χ0) is 19.4. The lowest BCUT2D eigenvalue weighted by Crippen LogP contribution is -2.37. The number of aromatic nitrogens is 1. The summed E-state index contributed by atoms with van der Waals surface area (Å²) in [6, 6.07) is 4.27. The first kappa shape index (κ1) is 24.2. The number of ether oxygens (including phenoxy) is 1. The maximum Gasteiger partial charge on any atom is 0.191 e. The summed E-state index contributed by atoms with van der Waals surface area (Å²) in [5.74, 6) is 1.94. The highest BCUT2D eigenvalue weighted by Gasteiger charge is 2.13. The van der Waals surface area contributed by atoms with Crippen molar-refractivity contribution in [3.05, 3.63) is 23.9 Å². The van der Waals surface area contributed by atoms with E-state index in [1.807, 2.05) is 13.2 Å². The van der Waals surface area contributed by atoms with E-state index in [1.165, 1.54) is 56.9 Å². The van der Waals surface area contributed by atoms with Crippen molar-refractivity contribution in [3.8, 4) is 0 Å². The van der Waals surface area contributed by atoms with Crippen molar-refractivity contribution in [1.29, 1.82) is 0 Å². The van der Waals surface area contributed by atoms with Crippen LogP contribution in [0.25, 0.3) is 0 Å². The summed E-state index contributed by atoms with van der Waals surface area (Å²) in [4.78, 5) is 11.3. The Morgan fingerprint density at radius 1 is 1.14 bits per heavy atom. The Morgan fingerprint density at radius 2 is 1.90 bits per heavy atom. The highest BCUT2D eigenvalue weighted by molar-refractivity contribution is 14.0. The van der Waals surface area contributed by atoms with Gasteiger partial charge in [0, 0.05) is 46.0 Å². The van der Waals surface area contributed by atoms with Crippen LogP contribution >= 0.6 is 24.0 Å². The van der Waals surface area contributed by atoms with Crippen molar-refractivity contribution in [3.63, 3.8) is 0 Å². The second-order valence-electron chi connectivity index (χ2n) is 7.91. The predicted molar refractivity (Wildman–Crippen MR) is 131 cm³/mol. The number of halogens is 1. The molecule has 0 unspecified atom stereocenters. The largest absolute Gasteiger partial charge is 0.378 e. The van der Waals surface area contributed by atoms with E-state index in [0.717, 1.165) is 51.0 Å². The molecular weight excluding hydrogens is 477 g/mol. The number of hydrogen-bond acceptors (Lipinski definition) is 4. The van der Waals surface area contributed by atoms with Crippen LogP contribution < -0.4 is 15.5 Å². The van der Waals surface area contributed by atoms with E-state index < -0.39 is 0 Å². The number of rotatable bonds is 8. The number of pyridine rings is 1. The summed E-state index contributed by atoms with van der Waals surface area (Å²) in [6.45, 7) is 4.70. The molecule has 2 N–H and O–H groups in total. The Hall–Kier alpha value is -1.09. The van der Waals surface area contributed by atoms with Crippen LogP contribution in [0.4, 0.5) is 5.82 Å². The molecule has 0 amide bonds. The van der Waals surface area contributed by atoms with Gasteiger partial charge in [0.25, 0.3) is 0 Å². The molecule has 0 atom stereocenters. The molecule has 1 aliphatic heterocycles. The van der Waals surface area contributed by atoms with Gasteiger partial charge in [-0.05, 0) is 56.2 Å². The van der Waals surface area contributed by atoms with Gasteiger partial charge >= 0.3 is 0 Å². The maximum atomic E-state index is 5.99. The van der Waals surface area contributed by atoms with Gasteiger partial charge in [0.15, 0.2) is 5.96 Å². The molecule has 164 valence electrons. The van der Waals surface area contributed by atoms with E-state index in [0.29, 0.717) is 6.10 Å². The Balaban J connectivity index is 0.00000300. The van der Waals surface area contributed by atoms with Gasteiger partial charge in [0.2, 0.25) is 0 Å². The monoisotopic (exact) mass is 515 g/mol. The Bertz CT molecular complexity index is 601. The van der Waals surface area contributed by atoms with E-state index in [-0.39, 0.29) is 24.0 Å². The minimum absolute atomic E-state index is 0. The number of hydrogen-bond donors (Lipinski definition) is 2. The molecule has 2 aliphatic rings. The van der Waals surface area contributed by atoms with Crippen molar-refractivity contribution < 1.29 is 4.74 Å². The molecular formula is C22H38IN5O. The Morgan fingerprint density at radius 3 is 2.66 bits per heavy atom. The van der Waals surface area contributed by atoms with Gasteiger partial charge in [-0.3, -0.25) is 4.99 Å². The zero-order valence-corrected chi connectivity index (χ0v) is 20.2. The number of guanidine groups is 1. The molecule has 0 spiro atoms. The molecule has 0 aromatic carbocycles. The molecule has 1 aliphatic carbocycles. The number of nitrogens with one attached hydrogen (secondary N) is 2. The lowest BCUT2D eigenvalue weighted by Gasteiger charge is -2.28. The second-order valence-corrected chi connectivity index (χ2v) is 7.91. The fraction of sp³-hybridized carbons (Fsp3) is 0.727. The molecule has 3 rings (SSSR count). The summed E-state index contributed by atoms with van der Waals surface area (Å²) in [5.41, 5.74) is 1.24. The molecule has 0 radical (unpaired) electrons. The van der Waals surface area contributed by atoms with Crippen molar-refractivity contribution in [2.24, 2.45) is 4.99 Å². The Labute approximate surface area is 193 Å². The summed E-state index contributed by atoms with van der Waals surface area (Å²) < 4.78 is 5.99. The molecule has 0 bridgehead atoms. The molecule has 6 nitrogen and oxygen atoms in total. The number of nitrogens with zero attached hydrogens (tertiary/aromatic N) is 3. The van der Waals surface area contributed by atoms with Crippen LogP contribution in [0.5, 0.6) is 0 Å². The smallest absolute Gasteiger partial charge is 0.191 e. The molecule has 1 aromatic heterocycles. The molecule has 2 fully saturated rings. The van der Waals surface area contributed by atoms with E-state index in [1.54, 1.807) is 0 Å². The topological polar surface area (TPSA) is 61.8 Å². The van der Waals surface area contributed by atoms with Gasteiger partial charge in [-0.25, -0.2) is 4.98 Å². The van der Waals surface area contributed by atoms with Gasteiger partial charge in [-0.15, -0.1) is 24.0 Å². The Kier molecular flexibility index (Phi) is 11.7. The van der Waals surface area contributed by atoms with E-state index in [9.17, 15) is 0 Å². The van der Waals surface area contributed by atoms with Gasteiger partial charge < -0.3 is 20.3 Å². The molecule has 1 saturated heterocycles. The molecule has 1 aromatic rings. The summed E-state index contributed by atoms with van der Waals surface area (Å²) >= 11 is 0. The average Bonchev–Trinajstić information content (AvgIpc) is 2.77. The van der Waals surface area contributed by atoms with E-state index in [2.05, 4.69) is 37.6 Å². The first-order valence-corrected chi connectivity index (χ1v) is 11.1. The third kappa shape index (κ3) is 8.66. The van der Waals surface area contributed by atoms with Crippen molar-refractivity contribution in [1.82, 2.24) is 15.6 Å². The molecule has 2 heterocycles. The predicted octanol–water partition coefficient (Wildman–Crippen LogP) is 4.09. The van der Waals surface area contributed by atoms with Gasteiger partial charge in [-0.2, -0.15) is 0 Å². The second kappa shape index (κ2) is 14.0. The number of piperidine rings is 1. The van der Waals surface area contributed by atoms with Crippen molar-refractivity contribution in [2.45, 2.75) is 70.4 Å². The summed E-state index contributed by atoms with van der Waals surface area (Å²) in [7, 11) is 1.82. The zero-order valence-electron chi connectivity index (χ0n) is 17.9. The first-order valence-electron chi connectivity index (χ1n) is 11.1. The summed E-state index contributed by atoms with van der Waals surface area (Å²) in [6.07, 6.45) is 13.8. The fourth-order valence-electron chi connectivity index (χ4n) is 4.03. The highest BCUT2D eigenvalue weighted by atomic mass is 127. The van der Waals surface area contributed by atoms with Crippen molar-refractivity contribution in [2.75, 3.05) is 38.2 Å². The fourth-order valence-corrected chi connectivity index (χ4v) is 4.03. The third-order valence-corrected chi connectivity index (χ3v) is 5.69. The minimum Gasteiger partial charge on any atom is -0.378 e. The lowest BCUT2D eigenvalue weighted by molar-refractivity contribution is 0.0277. The minimum atomic E-state index is 0. The van der Waals surface area contributed by atoms with Crippen LogP contribution in [0.2, 0.25) is 0 Å². The van der Waals surface area contributed by atoms with Gasteiger partial charge in [0.1, 0.15) is 5.82 Å². The highest BCUT2D eigenvalue weighted by Crippen LogP contribution is 2.20. The van der Waals surface area contributed by atoms with Gasteiger partial charge in [0.05, 0.1) is 6.10 Å². The van der Waals surface area contributed by atoms with Crippen LogP contribution in [-0.2, 0) is 11.3 Å². The SMILES string of the molecule is CN=C(NCCCOC1CCCCC1)NCc1ccnc(N2CCCCC2)c1.I. The van der Waals surface area contributed by atoms with Gasteiger partial charge in [-0.1, -0.05) is 19.3 Å². The first-order chi connectivity index (χ1) is 13.8. The van der Waals surface area contributed by atoms with Crippen LogP contribution in [-0.4, -0.2) is 50.3 Å². The molecule has 7 heteroatoms. The van der Waals surface area contributed by atoms with Crippen LogP contribution in [0.15, 0.2) is 23.3 Å². The quantitative estimate of drug-likeness (QED) is 0.236. The number of anilines is 1. The van der Waals surface area contributed by atoms with Crippen LogP contribution in [0, 0.1) is 0 Å². The normalized spacial score (nSPS) is 18.2. The third-order valence-electron chi connectivity index (χ3n) is 5.69. The summed E-state index contributed by atoms with van der Waals surface area (Å²) in [5, 5.41) is 6.80. The lowest BCUT2D eigenvalue weighted by atomic mass is 9.98. The molecule has 29 heavy (non-hydrogen) atoms. The van der Waals surface area contributed by atoms with E-state index in [4.69, 9.17) is 4.74 Å². The standard InChI is InChI=1S/C22H37N5O.HI/c1-23-22(25-12-8-16-28-20-9-4-2-5-10-20)26-18-19-11-13-24-21(17-19)27-14-6-3-7-15-27;/h11,13,17,20H,2-10,12,14-16,18H2,1H3,(H2,23,25,26);1H.